The minimum Gasteiger partial charge on any atom is -0.503 e. The van der Waals surface area contributed by atoms with Crippen LogP contribution in [0, 0.1) is 0 Å². The highest BCUT2D eigenvalue weighted by Crippen LogP contribution is 2.46. The summed E-state index contributed by atoms with van der Waals surface area (Å²) in [5.41, 5.74) is 2.37. The van der Waals surface area contributed by atoms with Gasteiger partial charge >= 0.3 is 0 Å². The van der Waals surface area contributed by atoms with Crippen molar-refractivity contribution >= 4 is 17.4 Å². The number of amides is 1. The third-order valence-corrected chi connectivity index (χ3v) is 6.83. The molecule has 0 radical (unpaired) electrons. The Kier molecular flexibility index (Phi) is 6.13. The molecule has 1 aliphatic heterocycles. The molecule has 0 aliphatic carbocycles. The lowest BCUT2D eigenvalue weighted by atomic mass is 9.75. The summed E-state index contributed by atoms with van der Waals surface area (Å²) in [4.78, 5) is 29.2. The second-order valence-electron chi connectivity index (χ2n) is 9.33. The van der Waals surface area contributed by atoms with Gasteiger partial charge in [0.2, 0.25) is 0 Å². The van der Waals surface area contributed by atoms with Crippen LogP contribution in [-0.2, 0) is 15.0 Å². The Morgan fingerprint density at radius 3 is 2.30 bits per heavy atom. The number of benzene rings is 3. The number of aliphatic hydroxyl groups excluding tert-OH is 1. The van der Waals surface area contributed by atoms with Gasteiger partial charge < -0.3 is 14.4 Å². The average Bonchev–Trinajstić information content (AvgIpc) is 3.56. The zero-order valence-corrected chi connectivity index (χ0v) is 20.7. The summed E-state index contributed by atoms with van der Waals surface area (Å²) in [6.45, 7) is 3.59. The van der Waals surface area contributed by atoms with Crippen LogP contribution in [0.15, 0.2) is 107 Å². The first kappa shape index (κ1) is 24.1. The van der Waals surface area contributed by atoms with Gasteiger partial charge in [0, 0.05) is 22.9 Å². The number of Topliss-reactive ketones (excluding diaryl/α,β-unsaturated/α-hetero) is 1. The molecular formula is C30H26N2O5. The van der Waals surface area contributed by atoms with Crippen LogP contribution in [0.1, 0.15) is 31.0 Å². The van der Waals surface area contributed by atoms with E-state index in [1.165, 1.54) is 18.3 Å². The van der Waals surface area contributed by atoms with Gasteiger partial charge in [0.1, 0.15) is 17.7 Å². The molecule has 1 unspecified atom stereocenters. The standard InChI is InChI=1S/C30H26N2O5/c1-30(2,20-9-5-4-6-10-20)28(34)25-26(22-11-7-8-12-24(22)36-3)32(29(35)27(25)33)21-15-13-19(14-16-21)23-17-18-37-31-23/h4-18,26,33H,1-3H3. The summed E-state index contributed by atoms with van der Waals surface area (Å²) in [5, 5.41) is 15.1. The Hall–Kier alpha value is -4.65. The molecule has 1 aliphatic rings. The maximum atomic E-state index is 14.1. The molecule has 1 amide bonds. The van der Waals surface area contributed by atoms with Crippen molar-refractivity contribution in [3.63, 3.8) is 0 Å². The van der Waals surface area contributed by atoms with Crippen LogP contribution in [0.2, 0.25) is 0 Å². The maximum absolute atomic E-state index is 14.1. The van der Waals surface area contributed by atoms with Crippen LogP contribution < -0.4 is 9.64 Å². The number of ketones is 1. The van der Waals surface area contributed by atoms with Crippen LogP contribution in [-0.4, -0.2) is 29.1 Å². The van der Waals surface area contributed by atoms with Crippen molar-refractivity contribution < 1.29 is 24.0 Å². The van der Waals surface area contributed by atoms with E-state index in [1.54, 1.807) is 44.2 Å². The number of anilines is 1. The molecule has 0 bridgehead atoms. The zero-order chi connectivity index (χ0) is 26.2. The lowest BCUT2D eigenvalue weighted by Gasteiger charge is -2.31. The summed E-state index contributed by atoms with van der Waals surface area (Å²) in [5.74, 6) is -1.06. The highest BCUT2D eigenvalue weighted by Gasteiger charge is 2.48. The number of aromatic nitrogens is 1. The van der Waals surface area contributed by atoms with Gasteiger partial charge in [-0.05, 0) is 37.6 Å². The molecule has 1 atom stereocenters. The minimum atomic E-state index is -1.00. The monoisotopic (exact) mass is 494 g/mol. The van der Waals surface area contributed by atoms with E-state index in [4.69, 9.17) is 9.26 Å². The summed E-state index contributed by atoms with van der Waals surface area (Å²) in [6, 6.07) is 24.5. The first-order valence-electron chi connectivity index (χ1n) is 11.9. The first-order chi connectivity index (χ1) is 17.8. The van der Waals surface area contributed by atoms with Crippen LogP contribution in [0.25, 0.3) is 11.3 Å². The quantitative estimate of drug-likeness (QED) is 0.349. The number of carbonyl (C=O) groups is 2. The summed E-state index contributed by atoms with van der Waals surface area (Å²) < 4.78 is 10.5. The molecule has 1 N–H and O–H groups in total. The van der Waals surface area contributed by atoms with Gasteiger partial charge in [-0.25, -0.2) is 0 Å². The number of carbonyl (C=O) groups excluding carboxylic acids is 2. The number of para-hydroxylation sites is 1. The topological polar surface area (TPSA) is 92.9 Å². The van der Waals surface area contributed by atoms with Crippen LogP contribution in [0.5, 0.6) is 5.75 Å². The van der Waals surface area contributed by atoms with Gasteiger partial charge in [0.15, 0.2) is 11.5 Å². The molecule has 4 aromatic rings. The Morgan fingerprint density at radius 1 is 0.973 bits per heavy atom. The number of rotatable bonds is 7. The van der Waals surface area contributed by atoms with E-state index in [1.807, 2.05) is 54.6 Å². The SMILES string of the molecule is COc1ccccc1C1C(C(=O)C(C)(C)c2ccccc2)=C(O)C(=O)N1c1ccc(-c2ccon2)cc1. The Bertz CT molecular complexity index is 1470. The number of nitrogens with zero attached hydrogens (tertiary/aromatic N) is 2. The fourth-order valence-corrected chi connectivity index (χ4v) is 4.77. The highest BCUT2D eigenvalue weighted by molar-refractivity contribution is 6.18. The van der Waals surface area contributed by atoms with Crippen LogP contribution in [0.4, 0.5) is 5.69 Å². The molecule has 2 heterocycles. The number of hydrogen-bond donors (Lipinski definition) is 1. The van der Waals surface area contributed by atoms with Crippen molar-refractivity contribution in [2.24, 2.45) is 0 Å². The molecule has 186 valence electrons. The van der Waals surface area contributed by atoms with E-state index in [9.17, 15) is 14.7 Å². The van der Waals surface area contributed by atoms with E-state index in [-0.39, 0.29) is 11.4 Å². The number of methoxy groups -OCH3 is 1. The van der Waals surface area contributed by atoms with Crippen molar-refractivity contribution in [2.45, 2.75) is 25.3 Å². The Morgan fingerprint density at radius 2 is 1.65 bits per heavy atom. The fourth-order valence-electron chi connectivity index (χ4n) is 4.77. The fraction of sp³-hybridized carbons (Fsp3) is 0.167. The molecule has 37 heavy (non-hydrogen) atoms. The van der Waals surface area contributed by atoms with Gasteiger partial charge in [0.25, 0.3) is 5.91 Å². The zero-order valence-electron chi connectivity index (χ0n) is 20.7. The van der Waals surface area contributed by atoms with E-state index in [2.05, 4.69) is 5.16 Å². The molecule has 0 spiro atoms. The lowest BCUT2D eigenvalue weighted by Crippen LogP contribution is -2.35. The number of hydrogen-bond acceptors (Lipinski definition) is 6. The van der Waals surface area contributed by atoms with Crippen LogP contribution in [0.3, 0.4) is 0 Å². The summed E-state index contributed by atoms with van der Waals surface area (Å²) in [6.07, 6.45) is 1.49. The second kappa shape index (κ2) is 9.43. The summed E-state index contributed by atoms with van der Waals surface area (Å²) in [7, 11) is 1.53. The Labute approximate surface area is 214 Å². The largest absolute Gasteiger partial charge is 0.503 e. The molecule has 1 aromatic heterocycles. The normalized spacial score (nSPS) is 15.8. The van der Waals surface area contributed by atoms with Crippen LogP contribution >= 0.6 is 0 Å². The van der Waals surface area contributed by atoms with Gasteiger partial charge in [0.05, 0.1) is 24.1 Å². The second-order valence-corrected chi connectivity index (χ2v) is 9.33. The molecule has 7 nitrogen and oxygen atoms in total. The molecule has 0 saturated heterocycles. The predicted octanol–water partition coefficient (Wildman–Crippen LogP) is 5.80. The summed E-state index contributed by atoms with van der Waals surface area (Å²) >= 11 is 0. The highest BCUT2D eigenvalue weighted by atomic mass is 16.5. The minimum absolute atomic E-state index is 0.0314. The van der Waals surface area contributed by atoms with E-state index in [0.29, 0.717) is 22.7 Å². The molecular weight excluding hydrogens is 468 g/mol. The van der Waals surface area contributed by atoms with Gasteiger partial charge in [-0.2, -0.15) is 0 Å². The van der Waals surface area contributed by atoms with E-state index >= 15 is 0 Å². The van der Waals surface area contributed by atoms with Crippen molar-refractivity contribution in [1.29, 1.82) is 0 Å². The molecule has 0 fully saturated rings. The van der Waals surface area contributed by atoms with Gasteiger partial charge in [-0.1, -0.05) is 65.8 Å². The van der Waals surface area contributed by atoms with Crippen molar-refractivity contribution in [3.8, 4) is 17.0 Å². The molecule has 5 rings (SSSR count). The lowest BCUT2D eigenvalue weighted by molar-refractivity contribution is -0.120. The van der Waals surface area contributed by atoms with Crippen molar-refractivity contribution in [2.75, 3.05) is 12.0 Å². The molecule has 7 heteroatoms. The number of ether oxygens (including phenoxy) is 1. The Balaban J connectivity index is 1.64. The molecule has 0 saturated carbocycles. The third-order valence-electron chi connectivity index (χ3n) is 6.83. The first-order valence-corrected chi connectivity index (χ1v) is 11.9. The average molecular weight is 495 g/mol. The van der Waals surface area contributed by atoms with Gasteiger partial charge in [-0.3, -0.25) is 14.5 Å². The van der Waals surface area contributed by atoms with E-state index < -0.39 is 23.1 Å². The maximum Gasteiger partial charge on any atom is 0.294 e. The predicted molar refractivity (Wildman–Crippen MR) is 139 cm³/mol. The molecule has 3 aromatic carbocycles. The third kappa shape index (κ3) is 4.08. The smallest absolute Gasteiger partial charge is 0.294 e. The van der Waals surface area contributed by atoms with Crippen molar-refractivity contribution in [3.05, 3.63) is 114 Å². The van der Waals surface area contributed by atoms with Crippen molar-refractivity contribution in [1.82, 2.24) is 5.16 Å². The van der Waals surface area contributed by atoms with E-state index in [0.717, 1.165) is 11.1 Å². The van der Waals surface area contributed by atoms with Gasteiger partial charge in [-0.15, -0.1) is 0 Å². The number of aliphatic hydroxyl groups is 1.